The van der Waals surface area contributed by atoms with Gasteiger partial charge in [-0.3, -0.25) is 0 Å². The van der Waals surface area contributed by atoms with Gasteiger partial charge in [0.25, 0.3) is 0 Å². The summed E-state index contributed by atoms with van der Waals surface area (Å²) in [6, 6.07) is 1.69. The molecule has 1 rings (SSSR count). The maximum Gasteiger partial charge on any atom is 0.250 e. The van der Waals surface area contributed by atoms with Gasteiger partial charge in [-0.2, -0.15) is 0 Å². The smallest absolute Gasteiger partial charge is 0.250 e. The van der Waals surface area contributed by atoms with E-state index < -0.39 is 10.0 Å². The molecule has 0 radical (unpaired) electrons. The van der Waals surface area contributed by atoms with Gasteiger partial charge in [-0.15, -0.1) is 11.3 Å². The maximum absolute atomic E-state index is 11.5. The summed E-state index contributed by atoms with van der Waals surface area (Å²) < 4.78 is 25.9. The Kier molecular flexibility index (Phi) is 4.06. The first-order chi connectivity index (χ1) is 6.60. The van der Waals surface area contributed by atoms with Crippen LogP contribution in [-0.2, 0) is 16.6 Å². The average molecular weight is 234 g/mol. The molecular weight excluding hydrogens is 220 g/mol. The minimum atomic E-state index is -3.27. The van der Waals surface area contributed by atoms with Crippen LogP contribution >= 0.6 is 11.3 Å². The van der Waals surface area contributed by atoms with Crippen LogP contribution in [0.3, 0.4) is 0 Å². The Morgan fingerprint density at radius 1 is 1.50 bits per heavy atom. The van der Waals surface area contributed by atoms with Gasteiger partial charge < -0.3 is 5.32 Å². The fourth-order valence-electron chi connectivity index (χ4n) is 1.05. The lowest BCUT2D eigenvalue weighted by Crippen LogP contribution is -2.22. The van der Waals surface area contributed by atoms with Crippen LogP contribution in [0.25, 0.3) is 0 Å². The third-order valence-corrected chi connectivity index (χ3v) is 4.64. The molecule has 4 nitrogen and oxygen atoms in total. The second kappa shape index (κ2) is 4.88. The fraction of sp³-hybridized carbons (Fsp3) is 0.500. The molecule has 80 valence electrons. The van der Waals surface area contributed by atoms with Gasteiger partial charge in [-0.1, -0.05) is 6.92 Å². The molecule has 0 saturated heterocycles. The van der Waals surface area contributed by atoms with E-state index in [1.165, 1.54) is 11.3 Å². The van der Waals surface area contributed by atoms with Crippen LogP contribution in [0.5, 0.6) is 0 Å². The van der Waals surface area contributed by atoms with Crippen LogP contribution in [0.4, 0.5) is 0 Å². The second-order valence-corrected chi connectivity index (χ2v) is 5.71. The summed E-state index contributed by atoms with van der Waals surface area (Å²) in [5, 5.41) is 4.82. The van der Waals surface area contributed by atoms with Crippen molar-refractivity contribution in [2.45, 2.75) is 17.7 Å². The quantitative estimate of drug-likeness (QED) is 0.791. The Hall–Kier alpha value is -0.430. The number of thiophene rings is 1. The molecule has 1 aromatic heterocycles. The molecule has 0 aliphatic heterocycles. The highest BCUT2D eigenvalue weighted by Gasteiger charge is 2.14. The third-order valence-electron chi connectivity index (χ3n) is 1.61. The number of rotatable bonds is 5. The van der Waals surface area contributed by atoms with Gasteiger partial charge in [0.05, 0.1) is 0 Å². The van der Waals surface area contributed by atoms with Crippen LogP contribution in [-0.4, -0.2) is 22.0 Å². The van der Waals surface area contributed by atoms with Crippen molar-refractivity contribution in [2.24, 2.45) is 0 Å². The lowest BCUT2D eigenvalue weighted by Gasteiger charge is -1.99. The maximum atomic E-state index is 11.5. The molecular formula is C8H14N2O2S2. The first-order valence-corrected chi connectivity index (χ1v) is 6.68. The summed E-state index contributed by atoms with van der Waals surface area (Å²) in [6.07, 6.45) is 0. The number of hydrogen-bond donors (Lipinski definition) is 2. The van der Waals surface area contributed by atoms with Crippen LogP contribution in [0.15, 0.2) is 15.7 Å². The molecule has 0 aliphatic rings. The van der Waals surface area contributed by atoms with E-state index in [1.54, 1.807) is 13.0 Å². The monoisotopic (exact) mass is 234 g/mol. The molecule has 0 unspecified atom stereocenters. The molecule has 0 saturated carbocycles. The number of hydrogen-bond acceptors (Lipinski definition) is 4. The highest BCUT2D eigenvalue weighted by atomic mass is 32.2. The van der Waals surface area contributed by atoms with Gasteiger partial charge in [0, 0.05) is 13.1 Å². The molecule has 0 aliphatic carbocycles. The van der Waals surface area contributed by atoms with Crippen LogP contribution in [0, 0.1) is 0 Å². The molecule has 6 heteroatoms. The zero-order chi connectivity index (χ0) is 10.6. The van der Waals surface area contributed by atoms with E-state index in [0.29, 0.717) is 17.3 Å². The van der Waals surface area contributed by atoms with Crippen molar-refractivity contribution >= 4 is 21.4 Å². The van der Waals surface area contributed by atoms with Crippen LogP contribution in [0.2, 0.25) is 0 Å². The molecule has 0 atom stereocenters. The SMILES string of the molecule is CCNS(=O)(=O)c1cc(CNC)cs1. The van der Waals surface area contributed by atoms with Crippen molar-refractivity contribution in [1.82, 2.24) is 10.0 Å². The predicted molar refractivity (Wildman–Crippen MR) is 57.9 cm³/mol. The van der Waals surface area contributed by atoms with Crippen molar-refractivity contribution in [3.63, 3.8) is 0 Å². The Morgan fingerprint density at radius 3 is 2.79 bits per heavy atom. The fourth-order valence-corrected chi connectivity index (χ4v) is 3.35. The predicted octanol–water partition coefficient (Wildman–Crippen LogP) is 0.766. The Balaban J connectivity index is 2.86. The largest absolute Gasteiger partial charge is 0.316 e. The summed E-state index contributed by atoms with van der Waals surface area (Å²) in [7, 11) is -1.44. The molecule has 0 amide bonds. The third kappa shape index (κ3) is 2.78. The van der Waals surface area contributed by atoms with Crippen molar-refractivity contribution in [2.75, 3.05) is 13.6 Å². The van der Waals surface area contributed by atoms with Gasteiger partial charge in [0.15, 0.2) is 0 Å². The van der Waals surface area contributed by atoms with Crippen LogP contribution in [0.1, 0.15) is 12.5 Å². The summed E-state index contributed by atoms with van der Waals surface area (Å²) >= 11 is 1.25. The van der Waals surface area contributed by atoms with Gasteiger partial charge in [-0.05, 0) is 24.1 Å². The molecule has 0 bridgehead atoms. The zero-order valence-corrected chi connectivity index (χ0v) is 9.83. The molecule has 1 aromatic rings. The van der Waals surface area contributed by atoms with Gasteiger partial charge in [0.2, 0.25) is 10.0 Å². The van der Waals surface area contributed by atoms with E-state index in [4.69, 9.17) is 0 Å². The Labute approximate surface area is 88.4 Å². The molecule has 14 heavy (non-hydrogen) atoms. The van der Waals surface area contributed by atoms with Crippen molar-refractivity contribution in [1.29, 1.82) is 0 Å². The minimum Gasteiger partial charge on any atom is -0.316 e. The highest BCUT2D eigenvalue weighted by Crippen LogP contribution is 2.19. The van der Waals surface area contributed by atoms with E-state index in [0.717, 1.165) is 5.56 Å². The molecule has 2 N–H and O–H groups in total. The van der Waals surface area contributed by atoms with Crippen molar-refractivity contribution in [3.05, 3.63) is 17.0 Å². The summed E-state index contributed by atoms with van der Waals surface area (Å²) in [4.78, 5) is 0. The standard InChI is InChI=1S/C8H14N2O2S2/c1-3-10-14(11,12)8-4-7(5-9-2)6-13-8/h4,6,9-10H,3,5H2,1-2H3. The summed E-state index contributed by atoms with van der Waals surface area (Å²) in [5.41, 5.74) is 0.994. The second-order valence-electron chi connectivity index (χ2n) is 2.81. The first-order valence-electron chi connectivity index (χ1n) is 4.32. The van der Waals surface area contributed by atoms with Gasteiger partial charge >= 0.3 is 0 Å². The number of nitrogens with one attached hydrogen (secondary N) is 2. The highest BCUT2D eigenvalue weighted by molar-refractivity contribution is 7.91. The van der Waals surface area contributed by atoms with Crippen LogP contribution < -0.4 is 10.0 Å². The lowest BCUT2D eigenvalue weighted by molar-refractivity contribution is 0.586. The number of sulfonamides is 1. The van der Waals surface area contributed by atoms with Crippen molar-refractivity contribution in [3.8, 4) is 0 Å². The van der Waals surface area contributed by atoms with E-state index >= 15 is 0 Å². The van der Waals surface area contributed by atoms with E-state index in [2.05, 4.69) is 10.0 Å². The Bertz CT molecular complexity index is 384. The molecule has 0 spiro atoms. The lowest BCUT2D eigenvalue weighted by atomic mass is 10.3. The zero-order valence-electron chi connectivity index (χ0n) is 8.20. The molecule has 0 aromatic carbocycles. The average Bonchev–Trinajstić information content (AvgIpc) is 2.54. The molecule has 1 heterocycles. The Morgan fingerprint density at radius 2 is 2.21 bits per heavy atom. The topological polar surface area (TPSA) is 58.2 Å². The van der Waals surface area contributed by atoms with E-state index in [-0.39, 0.29) is 0 Å². The first kappa shape index (κ1) is 11.6. The normalized spacial score (nSPS) is 11.9. The minimum absolute atomic E-state index is 0.379. The summed E-state index contributed by atoms with van der Waals surface area (Å²) in [5.74, 6) is 0. The van der Waals surface area contributed by atoms with Gasteiger partial charge in [0.1, 0.15) is 4.21 Å². The summed E-state index contributed by atoms with van der Waals surface area (Å²) in [6.45, 7) is 2.87. The van der Waals surface area contributed by atoms with Gasteiger partial charge in [-0.25, -0.2) is 13.1 Å². The van der Waals surface area contributed by atoms with E-state index in [9.17, 15) is 8.42 Å². The van der Waals surface area contributed by atoms with Crippen molar-refractivity contribution < 1.29 is 8.42 Å². The van der Waals surface area contributed by atoms with E-state index in [1.807, 2.05) is 12.4 Å². The molecule has 0 fully saturated rings.